The average molecular weight is 416 g/mol. The van der Waals surface area contributed by atoms with Gasteiger partial charge in [-0.15, -0.1) is 0 Å². The van der Waals surface area contributed by atoms with Crippen molar-refractivity contribution in [3.05, 3.63) is 72.6 Å². The van der Waals surface area contributed by atoms with Crippen molar-refractivity contribution in [1.82, 2.24) is 15.0 Å². The molecule has 2 N–H and O–H groups in total. The first-order valence-electron chi connectivity index (χ1n) is 9.59. The number of aromatic nitrogens is 3. The lowest BCUT2D eigenvalue weighted by atomic mass is 10.2. The Morgan fingerprint density at radius 1 is 1.10 bits per heavy atom. The Labute approximate surface area is 178 Å². The highest BCUT2D eigenvalue weighted by atomic mass is 16.5. The molecule has 2 heterocycles. The van der Waals surface area contributed by atoms with Gasteiger partial charge in [-0.1, -0.05) is 0 Å². The number of H-pyrrole nitrogens is 1. The number of rotatable bonds is 6. The minimum Gasteiger partial charge on any atom is -0.497 e. The molecule has 0 aliphatic heterocycles. The third-order valence-electron chi connectivity index (χ3n) is 4.66. The molecule has 8 nitrogen and oxygen atoms in total. The van der Waals surface area contributed by atoms with E-state index < -0.39 is 18.0 Å². The smallest absolute Gasteiger partial charge is 0.338 e. The quantitative estimate of drug-likeness (QED) is 0.463. The maximum atomic E-state index is 12.6. The molecular formula is C23H20N4O4. The largest absolute Gasteiger partial charge is 0.497 e. The molecule has 1 atom stereocenters. The first kappa shape index (κ1) is 20.1. The number of anilines is 1. The molecule has 4 rings (SSSR count). The maximum absolute atomic E-state index is 12.6. The number of imidazole rings is 1. The number of nitrogens with one attached hydrogen (secondary N) is 2. The second kappa shape index (κ2) is 8.66. The lowest BCUT2D eigenvalue weighted by Crippen LogP contribution is -2.30. The van der Waals surface area contributed by atoms with Crippen molar-refractivity contribution in [2.24, 2.45) is 0 Å². The van der Waals surface area contributed by atoms with Gasteiger partial charge in [0.1, 0.15) is 11.6 Å². The van der Waals surface area contributed by atoms with Crippen LogP contribution in [0.15, 0.2) is 67.0 Å². The van der Waals surface area contributed by atoms with Crippen LogP contribution in [-0.4, -0.2) is 40.0 Å². The Morgan fingerprint density at radius 3 is 2.61 bits per heavy atom. The number of amides is 1. The summed E-state index contributed by atoms with van der Waals surface area (Å²) < 4.78 is 10.4. The van der Waals surface area contributed by atoms with Crippen LogP contribution in [0.3, 0.4) is 0 Å². The molecule has 0 aliphatic carbocycles. The van der Waals surface area contributed by atoms with Gasteiger partial charge in [-0.2, -0.15) is 0 Å². The molecule has 0 saturated heterocycles. The van der Waals surface area contributed by atoms with Crippen molar-refractivity contribution in [3.8, 4) is 17.1 Å². The number of pyridine rings is 1. The number of aromatic amines is 1. The number of methoxy groups -OCH3 is 1. The molecule has 1 amide bonds. The van der Waals surface area contributed by atoms with Gasteiger partial charge in [0.25, 0.3) is 5.91 Å². The lowest BCUT2D eigenvalue weighted by Gasteiger charge is -2.14. The summed E-state index contributed by atoms with van der Waals surface area (Å²) >= 11 is 0. The van der Waals surface area contributed by atoms with E-state index in [1.54, 1.807) is 62.0 Å². The predicted octanol–water partition coefficient (Wildman–Crippen LogP) is 3.82. The second-order valence-corrected chi connectivity index (χ2v) is 6.82. The fourth-order valence-electron chi connectivity index (χ4n) is 2.98. The molecule has 156 valence electrons. The first-order valence-corrected chi connectivity index (χ1v) is 9.59. The Balaban J connectivity index is 1.43. The Kier molecular flexibility index (Phi) is 5.61. The number of hydrogen-bond acceptors (Lipinski definition) is 6. The monoisotopic (exact) mass is 416 g/mol. The van der Waals surface area contributed by atoms with Gasteiger partial charge in [0, 0.05) is 23.6 Å². The molecule has 0 bridgehead atoms. The van der Waals surface area contributed by atoms with Crippen LogP contribution in [-0.2, 0) is 9.53 Å². The van der Waals surface area contributed by atoms with Gasteiger partial charge in [-0.05, 0) is 61.5 Å². The van der Waals surface area contributed by atoms with E-state index >= 15 is 0 Å². The average Bonchev–Trinajstić information content (AvgIpc) is 3.23. The summed E-state index contributed by atoms with van der Waals surface area (Å²) in [5, 5.41) is 2.71. The summed E-state index contributed by atoms with van der Waals surface area (Å²) in [5.74, 6) is 0.302. The van der Waals surface area contributed by atoms with Crippen LogP contribution in [0.2, 0.25) is 0 Å². The molecule has 2 aromatic carbocycles. The van der Waals surface area contributed by atoms with Gasteiger partial charge in [0.15, 0.2) is 6.10 Å². The van der Waals surface area contributed by atoms with Crippen LogP contribution in [0.5, 0.6) is 5.75 Å². The zero-order valence-corrected chi connectivity index (χ0v) is 17.0. The predicted molar refractivity (Wildman–Crippen MR) is 116 cm³/mol. The molecule has 1 unspecified atom stereocenters. The summed E-state index contributed by atoms with van der Waals surface area (Å²) in [6.07, 6.45) is 2.42. The normalized spacial score (nSPS) is 11.7. The Bertz CT molecular complexity index is 1220. The number of ether oxygens (including phenoxy) is 2. The van der Waals surface area contributed by atoms with Crippen LogP contribution in [0.1, 0.15) is 17.3 Å². The van der Waals surface area contributed by atoms with Crippen molar-refractivity contribution in [2.75, 3.05) is 12.4 Å². The molecular weight excluding hydrogens is 396 g/mol. The third kappa shape index (κ3) is 4.53. The summed E-state index contributed by atoms with van der Waals surface area (Å²) in [6, 6.07) is 15.6. The number of benzene rings is 2. The van der Waals surface area contributed by atoms with Crippen LogP contribution in [0, 0.1) is 0 Å². The summed E-state index contributed by atoms with van der Waals surface area (Å²) in [4.78, 5) is 36.7. The summed E-state index contributed by atoms with van der Waals surface area (Å²) in [6.45, 7) is 1.52. The van der Waals surface area contributed by atoms with Crippen molar-refractivity contribution in [3.63, 3.8) is 0 Å². The number of nitrogens with zero attached hydrogens (tertiary/aromatic N) is 2. The highest BCUT2D eigenvalue weighted by Crippen LogP contribution is 2.21. The van der Waals surface area contributed by atoms with E-state index in [-0.39, 0.29) is 0 Å². The molecule has 2 aromatic heterocycles. The van der Waals surface area contributed by atoms with Gasteiger partial charge < -0.3 is 19.8 Å². The van der Waals surface area contributed by atoms with Crippen LogP contribution >= 0.6 is 0 Å². The molecule has 8 heteroatoms. The maximum Gasteiger partial charge on any atom is 0.338 e. The highest BCUT2D eigenvalue weighted by molar-refractivity contribution is 5.98. The molecule has 0 radical (unpaired) electrons. The molecule has 4 aromatic rings. The lowest BCUT2D eigenvalue weighted by molar-refractivity contribution is -0.123. The van der Waals surface area contributed by atoms with E-state index in [1.165, 1.54) is 6.92 Å². The Hall–Kier alpha value is -4.20. The number of carbonyl (C=O) groups excluding carboxylic acids is 2. The first-order chi connectivity index (χ1) is 15.0. The SMILES string of the molecule is COc1ccc(NC(=O)C(C)OC(=O)c2ccc3nc(-c4cccnc4)[nH]c3c2)cc1. The zero-order chi connectivity index (χ0) is 21.8. The van der Waals surface area contributed by atoms with Crippen molar-refractivity contribution < 1.29 is 19.1 Å². The second-order valence-electron chi connectivity index (χ2n) is 6.82. The van der Waals surface area contributed by atoms with E-state index in [0.29, 0.717) is 33.9 Å². The Morgan fingerprint density at radius 2 is 1.90 bits per heavy atom. The van der Waals surface area contributed by atoms with Gasteiger partial charge in [0.2, 0.25) is 0 Å². The minimum absolute atomic E-state index is 0.318. The molecule has 31 heavy (non-hydrogen) atoms. The van der Waals surface area contributed by atoms with E-state index in [1.807, 2.05) is 12.1 Å². The van der Waals surface area contributed by atoms with Gasteiger partial charge in [0.05, 0.1) is 23.7 Å². The molecule has 0 spiro atoms. The standard InChI is InChI=1S/C23H20N4O4/c1-14(22(28)25-17-6-8-18(30-2)9-7-17)31-23(29)15-5-10-19-20(12-15)27-21(26-19)16-4-3-11-24-13-16/h3-14H,1-2H3,(H,25,28)(H,26,27). The number of esters is 1. The number of fused-ring (bicyclic) bond motifs is 1. The molecule has 0 saturated carbocycles. The van der Waals surface area contributed by atoms with Gasteiger partial charge in [-0.25, -0.2) is 9.78 Å². The number of carbonyl (C=O) groups is 2. The van der Waals surface area contributed by atoms with Crippen LogP contribution in [0.25, 0.3) is 22.4 Å². The minimum atomic E-state index is -0.974. The zero-order valence-electron chi connectivity index (χ0n) is 17.0. The fourth-order valence-corrected chi connectivity index (χ4v) is 2.98. The van der Waals surface area contributed by atoms with E-state index in [2.05, 4.69) is 20.3 Å². The van der Waals surface area contributed by atoms with Crippen molar-refractivity contribution in [1.29, 1.82) is 0 Å². The van der Waals surface area contributed by atoms with E-state index in [4.69, 9.17) is 9.47 Å². The van der Waals surface area contributed by atoms with Crippen LogP contribution in [0.4, 0.5) is 5.69 Å². The van der Waals surface area contributed by atoms with Crippen molar-refractivity contribution >= 4 is 28.6 Å². The third-order valence-corrected chi connectivity index (χ3v) is 4.66. The van der Waals surface area contributed by atoms with Crippen LogP contribution < -0.4 is 10.1 Å². The van der Waals surface area contributed by atoms with E-state index in [9.17, 15) is 9.59 Å². The molecule has 0 fully saturated rings. The van der Waals surface area contributed by atoms with Gasteiger partial charge in [-0.3, -0.25) is 9.78 Å². The molecule has 0 aliphatic rings. The summed E-state index contributed by atoms with van der Waals surface area (Å²) in [7, 11) is 1.56. The summed E-state index contributed by atoms with van der Waals surface area (Å²) in [5.41, 5.74) is 3.13. The topological polar surface area (TPSA) is 106 Å². The van der Waals surface area contributed by atoms with Crippen molar-refractivity contribution in [2.45, 2.75) is 13.0 Å². The van der Waals surface area contributed by atoms with Gasteiger partial charge >= 0.3 is 5.97 Å². The highest BCUT2D eigenvalue weighted by Gasteiger charge is 2.20. The van der Waals surface area contributed by atoms with E-state index in [0.717, 1.165) is 5.56 Å². The number of hydrogen-bond donors (Lipinski definition) is 2. The fraction of sp³-hybridized carbons (Fsp3) is 0.130.